The molecule has 0 unspecified atom stereocenters. The lowest BCUT2D eigenvalue weighted by Gasteiger charge is -2.20. The van der Waals surface area contributed by atoms with Crippen molar-refractivity contribution in [3.05, 3.63) is 67.7 Å². The van der Waals surface area contributed by atoms with Crippen molar-refractivity contribution in [1.29, 1.82) is 0 Å². The van der Waals surface area contributed by atoms with E-state index in [1.165, 1.54) is 18.2 Å². The minimum Gasteiger partial charge on any atom is -0.325 e. The quantitative estimate of drug-likeness (QED) is 0.395. The standard InChI is InChI=1S/C21H20BrN3O5/c1-21(2,3)12-7-8-15(14(22)11-12)23-17(26)9-10-24-19(27)13-5-4-6-16(25(29)30)18(13)20(24)28/h4-8,11H,9-10H2,1-3H3,(H,23,26). The predicted molar refractivity (Wildman–Crippen MR) is 115 cm³/mol. The van der Waals surface area contributed by atoms with Crippen molar-refractivity contribution in [2.75, 3.05) is 11.9 Å². The molecule has 156 valence electrons. The summed E-state index contributed by atoms with van der Waals surface area (Å²) in [6.07, 6.45) is -0.132. The molecule has 0 fully saturated rings. The first-order chi connectivity index (χ1) is 14.0. The zero-order valence-corrected chi connectivity index (χ0v) is 18.3. The molecule has 30 heavy (non-hydrogen) atoms. The first kappa shape index (κ1) is 21.6. The molecule has 0 saturated carbocycles. The Kier molecular flexibility index (Phi) is 5.76. The van der Waals surface area contributed by atoms with Gasteiger partial charge in [-0.2, -0.15) is 0 Å². The summed E-state index contributed by atoms with van der Waals surface area (Å²) < 4.78 is 0.722. The number of carbonyl (C=O) groups excluding carboxylic acids is 3. The molecule has 0 atom stereocenters. The van der Waals surface area contributed by atoms with Gasteiger partial charge in [-0.1, -0.05) is 32.9 Å². The molecule has 0 spiro atoms. The van der Waals surface area contributed by atoms with Crippen LogP contribution in [0.1, 0.15) is 53.5 Å². The Hall–Kier alpha value is -3.07. The van der Waals surface area contributed by atoms with E-state index in [1.807, 2.05) is 12.1 Å². The number of amides is 3. The van der Waals surface area contributed by atoms with E-state index in [1.54, 1.807) is 6.07 Å². The van der Waals surface area contributed by atoms with E-state index in [4.69, 9.17) is 0 Å². The molecule has 2 aromatic carbocycles. The normalized spacial score (nSPS) is 13.4. The highest BCUT2D eigenvalue weighted by Gasteiger charge is 2.40. The fourth-order valence-electron chi connectivity index (χ4n) is 3.18. The number of carbonyl (C=O) groups is 3. The van der Waals surface area contributed by atoms with Gasteiger partial charge in [0, 0.05) is 23.5 Å². The van der Waals surface area contributed by atoms with Crippen LogP contribution in [0.2, 0.25) is 0 Å². The molecule has 2 aromatic rings. The number of nitrogens with one attached hydrogen (secondary N) is 1. The average Bonchev–Trinajstić information content (AvgIpc) is 2.91. The van der Waals surface area contributed by atoms with Crippen LogP contribution in [-0.2, 0) is 10.2 Å². The number of benzene rings is 2. The van der Waals surface area contributed by atoms with Crippen LogP contribution in [0.15, 0.2) is 40.9 Å². The number of hydrogen-bond donors (Lipinski definition) is 1. The molecule has 0 radical (unpaired) electrons. The molecule has 0 saturated heterocycles. The molecule has 0 aromatic heterocycles. The second kappa shape index (κ2) is 7.98. The maximum atomic E-state index is 12.6. The zero-order valence-electron chi connectivity index (χ0n) is 16.7. The molecule has 9 heteroatoms. The zero-order chi connectivity index (χ0) is 22.2. The van der Waals surface area contributed by atoms with Gasteiger partial charge in [0.05, 0.1) is 16.2 Å². The van der Waals surface area contributed by atoms with Crippen molar-refractivity contribution in [2.45, 2.75) is 32.6 Å². The SMILES string of the molecule is CC(C)(C)c1ccc(NC(=O)CCN2C(=O)c3cccc([N+](=O)[O-])c3C2=O)c(Br)c1. The van der Waals surface area contributed by atoms with E-state index < -0.39 is 22.4 Å². The van der Waals surface area contributed by atoms with Crippen LogP contribution in [0.5, 0.6) is 0 Å². The van der Waals surface area contributed by atoms with Crippen molar-refractivity contribution < 1.29 is 19.3 Å². The van der Waals surface area contributed by atoms with Crippen LogP contribution in [0.3, 0.4) is 0 Å². The van der Waals surface area contributed by atoms with Crippen molar-refractivity contribution in [2.24, 2.45) is 0 Å². The fraction of sp³-hybridized carbons (Fsp3) is 0.286. The van der Waals surface area contributed by atoms with Crippen LogP contribution >= 0.6 is 15.9 Å². The molecular formula is C21H20BrN3O5. The van der Waals surface area contributed by atoms with E-state index in [0.29, 0.717) is 5.69 Å². The van der Waals surface area contributed by atoms with Crippen molar-refractivity contribution in [3.8, 4) is 0 Å². The number of anilines is 1. The third-order valence-corrected chi connectivity index (χ3v) is 5.50. The van der Waals surface area contributed by atoms with Crippen LogP contribution in [0.4, 0.5) is 11.4 Å². The number of hydrogen-bond acceptors (Lipinski definition) is 5. The third kappa shape index (κ3) is 4.11. The lowest BCUT2D eigenvalue weighted by Crippen LogP contribution is -2.33. The second-order valence-electron chi connectivity index (χ2n) is 7.96. The predicted octanol–water partition coefficient (Wildman–Crippen LogP) is 4.28. The summed E-state index contributed by atoms with van der Waals surface area (Å²) >= 11 is 3.45. The molecule has 8 nitrogen and oxygen atoms in total. The van der Waals surface area contributed by atoms with E-state index in [9.17, 15) is 24.5 Å². The molecule has 1 heterocycles. The number of nitro groups is 1. The highest BCUT2D eigenvalue weighted by molar-refractivity contribution is 9.10. The van der Waals surface area contributed by atoms with Crippen molar-refractivity contribution in [3.63, 3.8) is 0 Å². The summed E-state index contributed by atoms with van der Waals surface area (Å²) in [5.74, 6) is -1.78. The maximum Gasteiger partial charge on any atom is 0.282 e. The van der Waals surface area contributed by atoms with Gasteiger partial charge in [0.1, 0.15) is 5.56 Å². The van der Waals surface area contributed by atoms with Crippen molar-refractivity contribution >= 4 is 45.0 Å². The number of imide groups is 1. The molecular weight excluding hydrogens is 454 g/mol. The summed E-state index contributed by atoms with van der Waals surface area (Å²) in [7, 11) is 0. The van der Waals surface area contributed by atoms with Crippen LogP contribution in [0.25, 0.3) is 0 Å². The Labute approximate surface area is 181 Å². The number of rotatable bonds is 5. The molecule has 1 N–H and O–H groups in total. The Morgan fingerprint density at radius 3 is 2.47 bits per heavy atom. The third-order valence-electron chi connectivity index (χ3n) is 4.85. The Morgan fingerprint density at radius 1 is 1.17 bits per heavy atom. The van der Waals surface area contributed by atoms with Gasteiger partial charge in [0.2, 0.25) is 5.91 Å². The van der Waals surface area contributed by atoms with Gasteiger partial charge in [-0.15, -0.1) is 0 Å². The second-order valence-corrected chi connectivity index (χ2v) is 8.82. The molecule has 0 aliphatic carbocycles. The minimum absolute atomic E-state index is 0.0184. The Morgan fingerprint density at radius 2 is 1.87 bits per heavy atom. The molecule has 1 aliphatic rings. The number of fused-ring (bicyclic) bond motifs is 1. The van der Waals surface area contributed by atoms with E-state index in [-0.39, 0.29) is 35.4 Å². The van der Waals surface area contributed by atoms with E-state index in [2.05, 4.69) is 42.0 Å². The maximum absolute atomic E-state index is 12.6. The van der Waals surface area contributed by atoms with E-state index in [0.717, 1.165) is 14.9 Å². The van der Waals surface area contributed by atoms with Gasteiger partial charge < -0.3 is 5.32 Å². The minimum atomic E-state index is -0.759. The summed E-state index contributed by atoms with van der Waals surface area (Å²) in [4.78, 5) is 48.7. The lowest BCUT2D eigenvalue weighted by atomic mass is 9.87. The van der Waals surface area contributed by atoms with Gasteiger partial charge in [-0.25, -0.2) is 0 Å². The summed E-state index contributed by atoms with van der Waals surface area (Å²) in [6, 6.07) is 9.54. The van der Waals surface area contributed by atoms with Gasteiger partial charge in [0.25, 0.3) is 17.5 Å². The molecule has 3 amide bonds. The highest BCUT2D eigenvalue weighted by Crippen LogP contribution is 2.32. The summed E-state index contributed by atoms with van der Waals surface area (Å²) in [5, 5.41) is 13.9. The Balaban J connectivity index is 1.69. The fourth-order valence-corrected chi connectivity index (χ4v) is 3.66. The summed E-state index contributed by atoms with van der Waals surface area (Å²) in [5.41, 5.74) is 0.967. The largest absolute Gasteiger partial charge is 0.325 e. The number of nitro benzene ring substituents is 1. The first-order valence-corrected chi connectivity index (χ1v) is 10.0. The highest BCUT2D eigenvalue weighted by atomic mass is 79.9. The van der Waals surface area contributed by atoms with Crippen LogP contribution in [0, 0.1) is 10.1 Å². The van der Waals surface area contributed by atoms with Crippen LogP contribution < -0.4 is 5.32 Å². The monoisotopic (exact) mass is 473 g/mol. The first-order valence-electron chi connectivity index (χ1n) is 9.24. The van der Waals surface area contributed by atoms with Crippen molar-refractivity contribution in [1.82, 2.24) is 4.90 Å². The van der Waals surface area contributed by atoms with Gasteiger partial charge in [-0.3, -0.25) is 29.4 Å². The average molecular weight is 474 g/mol. The molecule has 3 rings (SSSR count). The Bertz CT molecular complexity index is 1070. The smallest absolute Gasteiger partial charge is 0.282 e. The number of nitrogens with zero attached hydrogens (tertiary/aromatic N) is 2. The lowest BCUT2D eigenvalue weighted by molar-refractivity contribution is -0.385. The molecule has 1 aliphatic heterocycles. The van der Waals surface area contributed by atoms with Gasteiger partial charge >= 0.3 is 0 Å². The van der Waals surface area contributed by atoms with Gasteiger partial charge in [0.15, 0.2) is 0 Å². The topological polar surface area (TPSA) is 110 Å². The number of halogens is 1. The molecule has 0 bridgehead atoms. The summed E-state index contributed by atoms with van der Waals surface area (Å²) in [6.45, 7) is 6.07. The van der Waals surface area contributed by atoms with E-state index >= 15 is 0 Å². The van der Waals surface area contributed by atoms with Gasteiger partial charge in [-0.05, 0) is 45.1 Å². The van der Waals surface area contributed by atoms with Crippen LogP contribution in [-0.4, -0.2) is 34.1 Å².